The average Bonchev–Trinajstić information content (AvgIpc) is 2.70. The van der Waals surface area contributed by atoms with Gasteiger partial charge in [0.2, 0.25) is 0 Å². The monoisotopic (exact) mass is 391 g/mol. The lowest BCUT2D eigenvalue weighted by Crippen LogP contribution is -1.97. The number of allylic oxidation sites excluding steroid dienone is 2. The van der Waals surface area contributed by atoms with Crippen molar-refractivity contribution >= 4 is 5.78 Å². The summed E-state index contributed by atoms with van der Waals surface area (Å²) in [6, 6.07) is 0. The van der Waals surface area contributed by atoms with E-state index in [-0.39, 0.29) is 0 Å². The fourth-order valence-electron chi connectivity index (χ4n) is 3.72. The van der Waals surface area contributed by atoms with Crippen molar-refractivity contribution in [3.63, 3.8) is 0 Å². The summed E-state index contributed by atoms with van der Waals surface area (Å²) in [4.78, 5) is 11.9. The predicted molar refractivity (Wildman–Crippen MR) is 127 cm³/mol. The van der Waals surface area contributed by atoms with Crippen LogP contribution in [0.4, 0.5) is 0 Å². The molecule has 0 aromatic carbocycles. The zero-order valence-corrected chi connectivity index (χ0v) is 19.3. The first kappa shape index (κ1) is 27.4. The molecule has 1 radical (unpaired) electrons. The van der Waals surface area contributed by atoms with Crippen molar-refractivity contribution < 1.29 is 4.79 Å². The summed E-state index contributed by atoms with van der Waals surface area (Å²) < 4.78 is 0. The van der Waals surface area contributed by atoms with E-state index < -0.39 is 0 Å². The first-order valence-electron chi connectivity index (χ1n) is 12.8. The summed E-state index contributed by atoms with van der Waals surface area (Å²) in [5.74, 6) is 0.496. The Balaban J connectivity index is 3.19. The lowest BCUT2D eigenvalue weighted by Gasteiger charge is -2.03. The van der Waals surface area contributed by atoms with Crippen LogP contribution in [0, 0.1) is 6.92 Å². The van der Waals surface area contributed by atoms with Crippen molar-refractivity contribution in [3.8, 4) is 0 Å². The maximum Gasteiger partial charge on any atom is 0.132 e. The van der Waals surface area contributed by atoms with Gasteiger partial charge < -0.3 is 0 Å². The Hall–Kier alpha value is -0.590. The highest BCUT2D eigenvalue weighted by atomic mass is 16.1. The van der Waals surface area contributed by atoms with Gasteiger partial charge in [-0.2, -0.15) is 0 Å². The predicted octanol–water partition coefficient (Wildman–Crippen LogP) is 9.55. The van der Waals surface area contributed by atoms with Crippen molar-refractivity contribution in [2.45, 2.75) is 148 Å². The van der Waals surface area contributed by atoms with Crippen LogP contribution in [0.1, 0.15) is 148 Å². The molecule has 0 rings (SSSR count). The Bertz CT molecular complexity index is 331. The second-order valence-corrected chi connectivity index (χ2v) is 8.60. The molecule has 0 aromatic rings. The molecule has 0 heterocycles. The van der Waals surface area contributed by atoms with Crippen LogP contribution in [0.3, 0.4) is 0 Å². The zero-order valence-electron chi connectivity index (χ0n) is 19.3. The summed E-state index contributed by atoms with van der Waals surface area (Å²) in [6.07, 6.45) is 32.1. The minimum Gasteiger partial charge on any atom is -0.300 e. The standard InChI is InChI=1S/C27H51O/c1-3-5-7-9-11-12-13-14-15-16-17-18-20-22-24-26-27(28)25-23-21-19-10-8-6-4-2/h14-15H,2-13,16-26H2,1H3/b15-14-. The van der Waals surface area contributed by atoms with Gasteiger partial charge in [-0.3, -0.25) is 4.79 Å². The van der Waals surface area contributed by atoms with Crippen molar-refractivity contribution in [1.82, 2.24) is 0 Å². The van der Waals surface area contributed by atoms with Crippen LogP contribution in [0.2, 0.25) is 0 Å². The largest absolute Gasteiger partial charge is 0.300 e. The van der Waals surface area contributed by atoms with Crippen LogP contribution < -0.4 is 0 Å². The van der Waals surface area contributed by atoms with E-state index in [4.69, 9.17) is 0 Å². The third-order valence-corrected chi connectivity index (χ3v) is 5.67. The molecule has 0 aromatic heterocycles. The van der Waals surface area contributed by atoms with Gasteiger partial charge in [0.15, 0.2) is 0 Å². The van der Waals surface area contributed by atoms with Crippen LogP contribution >= 0.6 is 0 Å². The quantitative estimate of drug-likeness (QED) is 0.125. The molecule has 0 unspecified atom stereocenters. The first-order chi connectivity index (χ1) is 13.8. The van der Waals surface area contributed by atoms with Crippen LogP contribution in [0.25, 0.3) is 0 Å². The number of ketones is 1. The zero-order chi connectivity index (χ0) is 20.5. The van der Waals surface area contributed by atoms with E-state index in [2.05, 4.69) is 26.0 Å². The summed E-state index contributed by atoms with van der Waals surface area (Å²) in [5.41, 5.74) is 0. The summed E-state index contributed by atoms with van der Waals surface area (Å²) in [5, 5.41) is 0. The molecule has 0 N–H and O–H groups in total. The van der Waals surface area contributed by atoms with E-state index in [9.17, 15) is 4.79 Å². The highest BCUT2D eigenvalue weighted by Crippen LogP contribution is 2.12. The summed E-state index contributed by atoms with van der Waals surface area (Å²) in [6.45, 7) is 6.15. The second kappa shape index (κ2) is 24.4. The van der Waals surface area contributed by atoms with E-state index in [1.807, 2.05) is 0 Å². The molecule has 0 spiro atoms. The maximum atomic E-state index is 11.9. The van der Waals surface area contributed by atoms with Gasteiger partial charge in [-0.25, -0.2) is 0 Å². The fourth-order valence-corrected chi connectivity index (χ4v) is 3.72. The number of carbonyl (C=O) groups is 1. The topological polar surface area (TPSA) is 17.1 Å². The van der Waals surface area contributed by atoms with Gasteiger partial charge in [0.25, 0.3) is 0 Å². The lowest BCUT2D eigenvalue weighted by molar-refractivity contribution is -0.119. The van der Waals surface area contributed by atoms with Gasteiger partial charge in [-0.1, -0.05) is 116 Å². The molecule has 0 atom stereocenters. The van der Waals surface area contributed by atoms with Crippen molar-refractivity contribution in [3.05, 3.63) is 19.1 Å². The van der Waals surface area contributed by atoms with E-state index in [1.165, 1.54) is 109 Å². The van der Waals surface area contributed by atoms with Gasteiger partial charge in [0.05, 0.1) is 0 Å². The average molecular weight is 392 g/mol. The highest BCUT2D eigenvalue weighted by molar-refractivity contribution is 5.78. The molecule has 0 aliphatic rings. The van der Waals surface area contributed by atoms with Gasteiger partial charge in [0.1, 0.15) is 5.78 Å². The van der Waals surface area contributed by atoms with E-state index in [1.54, 1.807) is 0 Å². The lowest BCUT2D eigenvalue weighted by atomic mass is 10.0. The van der Waals surface area contributed by atoms with Crippen molar-refractivity contribution in [2.75, 3.05) is 0 Å². The van der Waals surface area contributed by atoms with E-state index in [0.717, 1.165) is 32.1 Å². The highest BCUT2D eigenvalue weighted by Gasteiger charge is 2.01. The smallest absolute Gasteiger partial charge is 0.132 e. The number of unbranched alkanes of at least 4 members (excludes halogenated alkanes) is 17. The SMILES string of the molecule is [CH2]CCCCCCCCC(=O)CCCCCCC/C=C\CCCCCCCC. The Morgan fingerprint density at radius 3 is 1.43 bits per heavy atom. The normalized spacial score (nSPS) is 11.5. The molecule has 1 nitrogen and oxygen atoms in total. The van der Waals surface area contributed by atoms with Crippen LogP contribution in [0.5, 0.6) is 0 Å². The third-order valence-electron chi connectivity index (χ3n) is 5.67. The molecule has 0 saturated carbocycles. The van der Waals surface area contributed by atoms with E-state index >= 15 is 0 Å². The van der Waals surface area contributed by atoms with Gasteiger partial charge in [0, 0.05) is 12.8 Å². The van der Waals surface area contributed by atoms with Crippen LogP contribution in [-0.4, -0.2) is 5.78 Å². The molecule has 0 aliphatic carbocycles. The summed E-state index contributed by atoms with van der Waals surface area (Å²) in [7, 11) is 0. The van der Waals surface area contributed by atoms with E-state index in [0.29, 0.717) is 5.78 Å². The Morgan fingerprint density at radius 1 is 0.571 bits per heavy atom. The Kier molecular flexibility index (Phi) is 23.9. The number of Topliss-reactive ketones (excluding diaryl/α,β-unsaturated/α-hetero) is 1. The van der Waals surface area contributed by atoms with Crippen LogP contribution in [0.15, 0.2) is 12.2 Å². The van der Waals surface area contributed by atoms with Gasteiger partial charge >= 0.3 is 0 Å². The third kappa shape index (κ3) is 23.4. The number of hydrogen-bond acceptors (Lipinski definition) is 1. The maximum absolute atomic E-state index is 11.9. The Morgan fingerprint density at radius 2 is 0.964 bits per heavy atom. The van der Waals surface area contributed by atoms with Gasteiger partial charge in [-0.05, 0) is 38.5 Å². The molecule has 0 aliphatic heterocycles. The van der Waals surface area contributed by atoms with Crippen molar-refractivity contribution in [1.29, 1.82) is 0 Å². The van der Waals surface area contributed by atoms with Gasteiger partial charge in [-0.15, -0.1) is 0 Å². The molecule has 0 bridgehead atoms. The molecule has 0 fully saturated rings. The molecule has 0 amide bonds. The molecule has 0 saturated heterocycles. The number of carbonyl (C=O) groups excluding carboxylic acids is 1. The number of hydrogen-bond donors (Lipinski definition) is 0. The molecule has 165 valence electrons. The number of rotatable bonds is 23. The molecular formula is C27H51O. The first-order valence-corrected chi connectivity index (χ1v) is 12.8. The minimum atomic E-state index is 0.496. The molecule has 1 heteroatoms. The Labute approximate surface area is 178 Å². The molecule has 28 heavy (non-hydrogen) atoms. The van der Waals surface area contributed by atoms with Crippen LogP contribution in [-0.2, 0) is 4.79 Å². The minimum absolute atomic E-state index is 0.496. The molecular weight excluding hydrogens is 340 g/mol. The van der Waals surface area contributed by atoms with Crippen molar-refractivity contribution in [2.24, 2.45) is 0 Å². The second-order valence-electron chi connectivity index (χ2n) is 8.60. The summed E-state index contributed by atoms with van der Waals surface area (Å²) >= 11 is 0. The fraction of sp³-hybridized carbons (Fsp3) is 0.852.